The summed E-state index contributed by atoms with van der Waals surface area (Å²) in [5, 5.41) is 0. The molecule has 136 valence electrons. The summed E-state index contributed by atoms with van der Waals surface area (Å²) in [7, 11) is 0. The van der Waals surface area contributed by atoms with Crippen molar-refractivity contribution in [3.8, 4) is 0 Å². The molecule has 2 aliphatic heterocycles. The Bertz CT molecular complexity index is 626. The molecule has 2 heterocycles. The normalized spacial score (nSPS) is 27.3. The standard InChI is InChI=1S/C21H30N2OS/c1-16-7-8-19-17(13-16)5-4-6-20(19)21(24)23-11-12-25-15-18(23)14-22-9-2-3-10-22/h7-8,13,18,20H,2-6,9-12,14-15H2,1H3. The molecule has 4 rings (SSSR count). The lowest BCUT2D eigenvalue weighted by atomic mass is 9.81. The van der Waals surface area contributed by atoms with Crippen molar-refractivity contribution in [3.05, 3.63) is 34.9 Å². The van der Waals surface area contributed by atoms with Crippen LogP contribution < -0.4 is 0 Å². The average molecular weight is 359 g/mol. The third kappa shape index (κ3) is 3.75. The topological polar surface area (TPSA) is 23.6 Å². The van der Waals surface area contributed by atoms with Crippen LogP contribution in [0.3, 0.4) is 0 Å². The van der Waals surface area contributed by atoms with Crippen LogP contribution in [-0.4, -0.2) is 59.4 Å². The predicted octanol–water partition coefficient (Wildman–Crippen LogP) is 3.45. The number of rotatable bonds is 3. The van der Waals surface area contributed by atoms with Gasteiger partial charge in [-0.3, -0.25) is 4.79 Å². The number of amides is 1. The Kier molecular flexibility index (Phi) is 5.37. The summed E-state index contributed by atoms with van der Waals surface area (Å²) in [6.45, 7) is 6.59. The molecule has 2 unspecified atom stereocenters. The molecule has 1 aromatic carbocycles. The van der Waals surface area contributed by atoms with Gasteiger partial charge in [0.1, 0.15) is 0 Å². The second-order valence-electron chi connectivity index (χ2n) is 7.92. The minimum absolute atomic E-state index is 0.0912. The van der Waals surface area contributed by atoms with E-state index in [1.165, 1.54) is 42.6 Å². The first-order chi connectivity index (χ1) is 12.2. The summed E-state index contributed by atoms with van der Waals surface area (Å²) >= 11 is 2.02. The van der Waals surface area contributed by atoms with Gasteiger partial charge >= 0.3 is 0 Å². The fourth-order valence-corrected chi connectivity index (χ4v) is 5.81. The second-order valence-corrected chi connectivity index (χ2v) is 9.06. The maximum Gasteiger partial charge on any atom is 0.230 e. The maximum atomic E-state index is 13.5. The largest absolute Gasteiger partial charge is 0.336 e. The van der Waals surface area contributed by atoms with Gasteiger partial charge < -0.3 is 9.80 Å². The molecule has 0 radical (unpaired) electrons. The molecule has 2 saturated heterocycles. The molecule has 0 bridgehead atoms. The van der Waals surface area contributed by atoms with E-state index >= 15 is 0 Å². The third-order valence-corrected chi connectivity index (χ3v) is 7.18. The van der Waals surface area contributed by atoms with Gasteiger partial charge in [0.2, 0.25) is 5.91 Å². The van der Waals surface area contributed by atoms with Gasteiger partial charge in [-0.25, -0.2) is 0 Å². The minimum atomic E-state index is 0.0912. The van der Waals surface area contributed by atoms with Crippen LogP contribution in [0, 0.1) is 6.92 Å². The van der Waals surface area contributed by atoms with Crippen LogP contribution in [0.1, 0.15) is 48.3 Å². The molecule has 1 amide bonds. The van der Waals surface area contributed by atoms with Crippen LogP contribution in [0.15, 0.2) is 18.2 Å². The number of aryl methyl sites for hydroxylation is 2. The summed E-state index contributed by atoms with van der Waals surface area (Å²) < 4.78 is 0. The highest BCUT2D eigenvalue weighted by atomic mass is 32.2. The Morgan fingerprint density at radius 1 is 1.20 bits per heavy atom. The van der Waals surface area contributed by atoms with Crippen molar-refractivity contribution >= 4 is 17.7 Å². The molecule has 0 aromatic heterocycles. The number of hydrogen-bond acceptors (Lipinski definition) is 3. The van der Waals surface area contributed by atoms with Gasteiger partial charge in [-0.2, -0.15) is 11.8 Å². The van der Waals surface area contributed by atoms with Crippen LogP contribution in [0.25, 0.3) is 0 Å². The maximum absolute atomic E-state index is 13.5. The zero-order valence-corrected chi connectivity index (χ0v) is 16.2. The van der Waals surface area contributed by atoms with Crippen molar-refractivity contribution in [2.24, 2.45) is 0 Å². The number of fused-ring (bicyclic) bond motifs is 1. The van der Waals surface area contributed by atoms with E-state index in [0.717, 1.165) is 43.9 Å². The lowest BCUT2D eigenvalue weighted by Crippen LogP contribution is -2.52. The molecule has 1 aromatic rings. The first kappa shape index (κ1) is 17.4. The Hall–Kier alpha value is -1.00. The third-order valence-electron chi connectivity index (χ3n) is 6.09. The van der Waals surface area contributed by atoms with Crippen LogP contribution >= 0.6 is 11.8 Å². The average Bonchev–Trinajstić information content (AvgIpc) is 3.14. The molecular weight excluding hydrogens is 328 g/mol. The smallest absolute Gasteiger partial charge is 0.230 e. The van der Waals surface area contributed by atoms with Gasteiger partial charge in [0.25, 0.3) is 0 Å². The number of likely N-dealkylation sites (tertiary alicyclic amines) is 1. The lowest BCUT2D eigenvalue weighted by molar-refractivity contribution is -0.135. The molecule has 1 aliphatic carbocycles. The van der Waals surface area contributed by atoms with Gasteiger partial charge in [-0.05, 0) is 63.2 Å². The van der Waals surface area contributed by atoms with Crippen LogP contribution in [-0.2, 0) is 11.2 Å². The highest BCUT2D eigenvalue weighted by molar-refractivity contribution is 7.99. The van der Waals surface area contributed by atoms with Crippen LogP contribution in [0.5, 0.6) is 0 Å². The predicted molar refractivity (Wildman–Crippen MR) is 105 cm³/mol. The molecule has 0 N–H and O–H groups in total. The number of thioether (sulfide) groups is 1. The van der Waals surface area contributed by atoms with Crippen molar-refractivity contribution in [1.29, 1.82) is 0 Å². The SMILES string of the molecule is Cc1ccc2c(c1)CCCC2C(=O)N1CCSCC1CN1CCCC1. The Balaban J connectivity index is 1.52. The van der Waals surface area contributed by atoms with Gasteiger partial charge in [0.05, 0.1) is 12.0 Å². The summed E-state index contributed by atoms with van der Waals surface area (Å²) in [6, 6.07) is 7.10. The summed E-state index contributed by atoms with van der Waals surface area (Å²) in [5.74, 6) is 2.69. The first-order valence-corrected chi connectivity index (χ1v) is 11.1. The van der Waals surface area contributed by atoms with Crippen molar-refractivity contribution in [2.75, 3.05) is 37.7 Å². The fraction of sp³-hybridized carbons (Fsp3) is 0.667. The molecule has 0 spiro atoms. The van der Waals surface area contributed by atoms with Gasteiger partial charge in [-0.15, -0.1) is 0 Å². The van der Waals surface area contributed by atoms with E-state index < -0.39 is 0 Å². The number of nitrogens with zero attached hydrogens (tertiary/aromatic N) is 2. The van der Waals surface area contributed by atoms with E-state index in [0.29, 0.717) is 11.9 Å². The summed E-state index contributed by atoms with van der Waals surface area (Å²) in [6.07, 6.45) is 5.95. The van der Waals surface area contributed by atoms with Crippen molar-refractivity contribution in [2.45, 2.75) is 51.0 Å². The molecule has 4 heteroatoms. The highest BCUT2D eigenvalue weighted by Crippen LogP contribution is 2.35. The number of carbonyl (C=O) groups is 1. The first-order valence-electron chi connectivity index (χ1n) is 9.92. The molecule has 2 fully saturated rings. The lowest BCUT2D eigenvalue weighted by Gasteiger charge is -2.40. The number of hydrogen-bond donors (Lipinski definition) is 0. The van der Waals surface area contributed by atoms with E-state index in [-0.39, 0.29) is 5.92 Å². The molecule has 2 atom stereocenters. The van der Waals surface area contributed by atoms with E-state index in [9.17, 15) is 4.79 Å². The quantitative estimate of drug-likeness (QED) is 0.827. The fourth-order valence-electron chi connectivity index (χ4n) is 4.76. The summed E-state index contributed by atoms with van der Waals surface area (Å²) in [5.41, 5.74) is 4.03. The van der Waals surface area contributed by atoms with Gasteiger partial charge in [0, 0.05) is 24.6 Å². The minimum Gasteiger partial charge on any atom is -0.336 e. The molecule has 0 saturated carbocycles. The van der Waals surface area contributed by atoms with E-state index in [2.05, 4.69) is 34.9 Å². The van der Waals surface area contributed by atoms with Crippen molar-refractivity contribution in [3.63, 3.8) is 0 Å². The molecule has 25 heavy (non-hydrogen) atoms. The van der Waals surface area contributed by atoms with E-state index in [4.69, 9.17) is 0 Å². The van der Waals surface area contributed by atoms with Crippen molar-refractivity contribution < 1.29 is 4.79 Å². The van der Waals surface area contributed by atoms with Gasteiger partial charge in [0.15, 0.2) is 0 Å². The summed E-state index contributed by atoms with van der Waals surface area (Å²) in [4.78, 5) is 18.3. The highest BCUT2D eigenvalue weighted by Gasteiger charge is 2.35. The van der Waals surface area contributed by atoms with Crippen molar-refractivity contribution in [1.82, 2.24) is 9.80 Å². The number of carbonyl (C=O) groups excluding carboxylic acids is 1. The van der Waals surface area contributed by atoms with Crippen LogP contribution in [0.2, 0.25) is 0 Å². The zero-order valence-electron chi connectivity index (χ0n) is 15.4. The monoisotopic (exact) mass is 358 g/mol. The Morgan fingerprint density at radius 3 is 2.88 bits per heavy atom. The van der Waals surface area contributed by atoms with Crippen LogP contribution in [0.4, 0.5) is 0 Å². The van der Waals surface area contributed by atoms with E-state index in [1.54, 1.807) is 0 Å². The van der Waals surface area contributed by atoms with Gasteiger partial charge in [-0.1, -0.05) is 23.8 Å². The zero-order chi connectivity index (χ0) is 17.2. The van der Waals surface area contributed by atoms with E-state index in [1.807, 2.05) is 11.8 Å². The molecule has 3 nitrogen and oxygen atoms in total. The second kappa shape index (κ2) is 7.71. The number of benzene rings is 1. The molecular formula is C21H30N2OS. The Labute approximate surface area is 156 Å². The molecule has 3 aliphatic rings. The Morgan fingerprint density at radius 2 is 2.04 bits per heavy atom.